The summed E-state index contributed by atoms with van der Waals surface area (Å²) in [4.78, 5) is 24.1. The molecule has 37 heavy (non-hydrogen) atoms. The molecule has 3 aliphatic heterocycles. The molecule has 1 fully saturated rings. The molecular weight excluding hydrogens is 462 g/mol. The second kappa shape index (κ2) is 8.60. The minimum Gasteiger partial charge on any atom is -0.387 e. The number of amidine groups is 1. The Hall–Kier alpha value is -3.36. The zero-order valence-electron chi connectivity index (χ0n) is 21.3. The van der Waals surface area contributed by atoms with Crippen molar-refractivity contribution in [1.82, 2.24) is 15.0 Å². The van der Waals surface area contributed by atoms with Crippen molar-refractivity contribution in [3.05, 3.63) is 76.5 Å². The molecular formula is C29H33N7O. The lowest BCUT2D eigenvalue weighted by Crippen LogP contribution is -2.45. The number of aliphatic hydroxyl groups excluding tert-OH is 1. The van der Waals surface area contributed by atoms with Gasteiger partial charge in [0.15, 0.2) is 11.7 Å². The number of nitrogens with two attached hydrogens (primary N) is 1. The zero-order valence-corrected chi connectivity index (χ0v) is 21.3. The van der Waals surface area contributed by atoms with Gasteiger partial charge in [-0.3, -0.25) is 9.98 Å². The highest BCUT2D eigenvalue weighted by Crippen LogP contribution is 2.51. The number of piperidine rings is 1. The average molecular weight is 496 g/mol. The number of aliphatic imine (C=N–C) groups is 1. The Labute approximate surface area is 217 Å². The number of aliphatic hydroxyl groups is 1. The molecule has 8 heteroatoms. The molecule has 5 heterocycles. The molecule has 0 saturated carbocycles. The minimum absolute atomic E-state index is 0.0751. The highest BCUT2D eigenvalue weighted by Gasteiger charge is 2.46. The highest BCUT2D eigenvalue weighted by molar-refractivity contribution is 6.11. The van der Waals surface area contributed by atoms with Crippen molar-refractivity contribution < 1.29 is 5.11 Å². The van der Waals surface area contributed by atoms with Crippen LogP contribution in [0, 0.1) is 5.41 Å². The molecule has 0 bridgehead atoms. The van der Waals surface area contributed by atoms with Crippen LogP contribution in [0.15, 0.2) is 47.6 Å². The van der Waals surface area contributed by atoms with Crippen molar-refractivity contribution in [2.75, 3.05) is 29.4 Å². The van der Waals surface area contributed by atoms with Gasteiger partial charge in [0.1, 0.15) is 11.4 Å². The van der Waals surface area contributed by atoms with E-state index in [-0.39, 0.29) is 11.5 Å². The van der Waals surface area contributed by atoms with Crippen molar-refractivity contribution in [2.45, 2.75) is 57.7 Å². The molecule has 190 valence electrons. The third-order valence-electron chi connectivity index (χ3n) is 8.82. The number of rotatable bonds is 2. The third kappa shape index (κ3) is 3.57. The van der Waals surface area contributed by atoms with Crippen LogP contribution in [0.25, 0.3) is 0 Å². The van der Waals surface area contributed by atoms with Crippen LogP contribution < -0.4 is 15.5 Å². The van der Waals surface area contributed by atoms with Gasteiger partial charge in [0, 0.05) is 31.9 Å². The van der Waals surface area contributed by atoms with Gasteiger partial charge in [-0.05, 0) is 67.7 Å². The van der Waals surface area contributed by atoms with E-state index in [1.54, 1.807) is 6.92 Å². The first-order valence-electron chi connectivity index (χ1n) is 13.5. The summed E-state index contributed by atoms with van der Waals surface area (Å²) in [6.07, 6.45) is 6.17. The number of fused-ring (bicyclic) bond motifs is 3. The standard InChI is InChI=1S/C29H33N7O/c1-18(37)24-28(35-14-10-29(11-15-35)16-19-6-2-3-7-20(19)26(29)30)33-22-17-32-27(25(22)34-24)36-13-5-8-21-23(36)9-4-12-31-21/h2-4,6-7,9,12,18,26,37H,5,8,10-11,13-17,30H2,1H3/t18-,26+/m0/s1. The number of benzene rings is 1. The van der Waals surface area contributed by atoms with Crippen LogP contribution in [0.1, 0.15) is 72.2 Å². The first-order chi connectivity index (χ1) is 18.0. The Morgan fingerprint density at radius 1 is 1.05 bits per heavy atom. The monoisotopic (exact) mass is 495 g/mol. The molecule has 0 radical (unpaired) electrons. The fraction of sp³-hybridized carbons (Fsp3) is 0.448. The maximum absolute atomic E-state index is 10.8. The Balaban J connectivity index is 1.17. The summed E-state index contributed by atoms with van der Waals surface area (Å²) in [7, 11) is 0. The molecule has 3 aromatic rings. The predicted molar refractivity (Wildman–Crippen MR) is 144 cm³/mol. The Morgan fingerprint density at radius 3 is 2.70 bits per heavy atom. The number of anilines is 2. The molecule has 1 aromatic carbocycles. The Bertz CT molecular complexity index is 1390. The van der Waals surface area contributed by atoms with Gasteiger partial charge < -0.3 is 20.6 Å². The number of pyridine rings is 1. The average Bonchev–Trinajstić information content (AvgIpc) is 3.46. The number of hydrogen-bond acceptors (Lipinski definition) is 8. The van der Waals surface area contributed by atoms with E-state index in [1.165, 1.54) is 11.1 Å². The largest absolute Gasteiger partial charge is 0.387 e. The second-order valence-electron chi connectivity index (χ2n) is 11.0. The molecule has 0 amide bonds. The van der Waals surface area contributed by atoms with E-state index >= 15 is 0 Å². The molecule has 3 N–H and O–H groups in total. The van der Waals surface area contributed by atoms with Gasteiger partial charge in [-0.1, -0.05) is 24.3 Å². The lowest BCUT2D eigenvalue weighted by atomic mass is 9.73. The van der Waals surface area contributed by atoms with Crippen molar-refractivity contribution in [2.24, 2.45) is 16.1 Å². The highest BCUT2D eigenvalue weighted by atomic mass is 16.3. The topological polar surface area (TPSA) is 104 Å². The van der Waals surface area contributed by atoms with Gasteiger partial charge in [-0.15, -0.1) is 0 Å². The van der Waals surface area contributed by atoms with Crippen molar-refractivity contribution in [3.63, 3.8) is 0 Å². The molecule has 1 spiro atoms. The molecule has 0 unspecified atom stereocenters. The van der Waals surface area contributed by atoms with Crippen LogP contribution in [0.5, 0.6) is 0 Å². The van der Waals surface area contributed by atoms with Crippen LogP contribution in [0.2, 0.25) is 0 Å². The molecule has 8 nitrogen and oxygen atoms in total. The van der Waals surface area contributed by atoms with E-state index in [2.05, 4.69) is 45.1 Å². The van der Waals surface area contributed by atoms with Crippen molar-refractivity contribution >= 4 is 17.3 Å². The molecule has 1 saturated heterocycles. The normalized spacial score (nSPS) is 22.5. The number of aryl methyl sites for hydroxylation is 1. The molecule has 4 aliphatic rings. The summed E-state index contributed by atoms with van der Waals surface area (Å²) in [5.41, 5.74) is 14.1. The molecule has 7 rings (SSSR count). The summed E-state index contributed by atoms with van der Waals surface area (Å²) in [5, 5.41) is 10.8. The maximum atomic E-state index is 10.8. The van der Waals surface area contributed by atoms with E-state index in [9.17, 15) is 5.11 Å². The van der Waals surface area contributed by atoms with Crippen LogP contribution in [0.4, 0.5) is 11.5 Å². The van der Waals surface area contributed by atoms with E-state index in [1.807, 2.05) is 12.3 Å². The first kappa shape index (κ1) is 22.8. The second-order valence-corrected chi connectivity index (χ2v) is 11.0. The van der Waals surface area contributed by atoms with E-state index < -0.39 is 6.10 Å². The van der Waals surface area contributed by atoms with Crippen LogP contribution in [-0.2, 0) is 19.4 Å². The van der Waals surface area contributed by atoms with E-state index in [0.29, 0.717) is 12.2 Å². The predicted octanol–water partition coefficient (Wildman–Crippen LogP) is 3.48. The summed E-state index contributed by atoms with van der Waals surface area (Å²) < 4.78 is 0. The van der Waals surface area contributed by atoms with Gasteiger partial charge >= 0.3 is 0 Å². The third-order valence-corrected chi connectivity index (χ3v) is 8.82. The Morgan fingerprint density at radius 2 is 1.89 bits per heavy atom. The fourth-order valence-corrected chi connectivity index (χ4v) is 6.80. The number of nitrogens with zero attached hydrogens (tertiary/aromatic N) is 6. The van der Waals surface area contributed by atoms with E-state index in [0.717, 1.165) is 86.2 Å². The zero-order chi connectivity index (χ0) is 25.1. The lowest BCUT2D eigenvalue weighted by molar-refractivity contribution is 0.182. The quantitative estimate of drug-likeness (QED) is 0.561. The summed E-state index contributed by atoms with van der Waals surface area (Å²) >= 11 is 0. The van der Waals surface area contributed by atoms with Crippen molar-refractivity contribution in [3.8, 4) is 0 Å². The first-order valence-corrected chi connectivity index (χ1v) is 13.5. The van der Waals surface area contributed by atoms with Gasteiger partial charge in [0.25, 0.3) is 0 Å². The van der Waals surface area contributed by atoms with Gasteiger partial charge in [0.2, 0.25) is 0 Å². The van der Waals surface area contributed by atoms with Crippen LogP contribution >= 0.6 is 0 Å². The van der Waals surface area contributed by atoms with Gasteiger partial charge in [-0.25, -0.2) is 9.97 Å². The SMILES string of the molecule is C[C@H](O)c1nc2c(nc1N1CCC3(CC1)Cc1ccccc1[C@H]3N)CN=C2N1CCCc2ncccc21. The fourth-order valence-electron chi connectivity index (χ4n) is 6.80. The number of hydrogen-bond donors (Lipinski definition) is 2. The molecule has 2 aromatic heterocycles. The lowest BCUT2D eigenvalue weighted by Gasteiger charge is -2.43. The van der Waals surface area contributed by atoms with Crippen LogP contribution in [0.3, 0.4) is 0 Å². The molecule has 1 aliphatic carbocycles. The van der Waals surface area contributed by atoms with Crippen molar-refractivity contribution in [1.29, 1.82) is 0 Å². The smallest absolute Gasteiger partial charge is 0.156 e. The number of aromatic nitrogens is 3. The van der Waals surface area contributed by atoms with Gasteiger partial charge in [-0.2, -0.15) is 0 Å². The summed E-state index contributed by atoms with van der Waals surface area (Å²) in [6.45, 7) is 4.87. The van der Waals surface area contributed by atoms with Gasteiger partial charge in [0.05, 0.1) is 29.7 Å². The minimum atomic E-state index is -0.723. The maximum Gasteiger partial charge on any atom is 0.156 e. The summed E-state index contributed by atoms with van der Waals surface area (Å²) in [6, 6.07) is 12.8. The van der Waals surface area contributed by atoms with Crippen LogP contribution in [-0.4, -0.2) is 45.5 Å². The Kier molecular flexibility index (Phi) is 5.30. The summed E-state index contributed by atoms with van der Waals surface area (Å²) in [5.74, 6) is 1.64. The molecule has 2 atom stereocenters. The van der Waals surface area contributed by atoms with E-state index in [4.69, 9.17) is 20.7 Å².